The van der Waals surface area contributed by atoms with E-state index in [1.807, 2.05) is 0 Å². The Labute approximate surface area is 549 Å². The Morgan fingerprint density at radius 1 is 0.516 bits per heavy atom. The van der Waals surface area contributed by atoms with Crippen molar-refractivity contribution in [2.75, 3.05) is 39.6 Å². The third-order valence-corrected chi connectivity index (χ3v) is 17.9. The molecular formula is C70H131N2O18P. The molecule has 2 aliphatic rings. The van der Waals surface area contributed by atoms with Crippen molar-refractivity contribution in [3.63, 3.8) is 0 Å². The Kier molecular flexibility index (Phi) is 51.8. The van der Waals surface area contributed by atoms with Crippen molar-refractivity contribution in [1.29, 1.82) is 0 Å². The van der Waals surface area contributed by atoms with E-state index in [2.05, 4.69) is 50.5 Å². The first-order chi connectivity index (χ1) is 44.1. The molecule has 2 amide bonds. The van der Waals surface area contributed by atoms with Gasteiger partial charge in [-0.3, -0.25) is 18.9 Å². The number of ketones is 1. The van der Waals surface area contributed by atoms with Gasteiger partial charge in [-0.15, -0.1) is 0 Å². The lowest BCUT2D eigenvalue weighted by Crippen LogP contribution is -2.67. The predicted molar refractivity (Wildman–Crippen MR) is 356 cm³/mol. The average molecular weight is 1320 g/mol. The molecule has 0 saturated carbocycles. The van der Waals surface area contributed by atoms with Gasteiger partial charge < -0.3 is 68.9 Å². The molecule has 0 spiro atoms. The maximum absolute atomic E-state index is 13.7. The summed E-state index contributed by atoms with van der Waals surface area (Å²) in [6, 6.07) is -2.61. The van der Waals surface area contributed by atoms with Gasteiger partial charge in [0.2, 0.25) is 11.8 Å². The van der Waals surface area contributed by atoms with Crippen LogP contribution in [-0.4, -0.2) is 156 Å². The van der Waals surface area contributed by atoms with Crippen molar-refractivity contribution < 1.29 is 86.5 Å². The van der Waals surface area contributed by atoms with Crippen LogP contribution >= 0.6 is 7.82 Å². The normalized spacial score (nSPS) is 22.4. The lowest BCUT2D eigenvalue weighted by Gasteiger charge is -2.47. The van der Waals surface area contributed by atoms with Crippen LogP contribution in [0, 0.1) is 0 Å². The standard InChI is InChI=1S/C70H131N2O18P/c1-6-10-14-18-22-26-28-29-33-36-40-44-49-83-58(47-43-39-35-31-25-21-17-13-9-4)48-51-85-68-64(71-56(5)74)70(88-59(53-73)66(68)90-91(80,81)82)86-54-60-65(79)67(84-50-45-41-37-32-27-23-19-15-11-7-2)63(69(89-60)87-55-62(77)78)72-61(76)52-57(75)46-42-38-34-30-24-20-16-12-8-3/h26,28,58-60,63-70,73,79H,6-25,27,29-55H2,1-5H3,(H,71,74)(H,72,76)(H,77,78)(H2,80,81,82)/b28-26-/t58-,59-,60-,63-,64-,65-,66-,67-,68-,69+,70-/m1/s1. The van der Waals surface area contributed by atoms with Gasteiger partial charge in [0.25, 0.3) is 0 Å². The topological polar surface area (TPSA) is 284 Å². The van der Waals surface area contributed by atoms with Gasteiger partial charge in [-0.05, 0) is 57.8 Å². The monoisotopic (exact) mass is 1320 g/mol. The van der Waals surface area contributed by atoms with Crippen LogP contribution in [0.3, 0.4) is 0 Å². The summed E-state index contributed by atoms with van der Waals surface area (Å²) in [7, 11) is -5.28. The third kappa shape index (κ3) is 42.7. The molecule has 534 valence electrons. The van der Waals surface area contributed by atoms with Crippen LogP contribution in [0.15, 0.2) is 12.2 Å². The number of rotatable bonds is 62. The van der Waals surface area contributed by atoms with Crippen LogP contribution < -0.4 is 10.6 Å². The van der Waals surface area contributed by atoms with Crippen molar-refractivity contribution >= 4 is 31.4 Å². The molecule has 0 aliphatic carbocycles. The van der Waals surface area contributed by atoms with E-state index in [4.69, 9.17) is 37.7 Å². The summed E-state index contributed by atoms with van der Waals surface area (Å²) in [5.74, 6) is -2.86. The molecule has 91 heavy (non-hydrogen) atoms. The summed E-state index contributed by atoms with van der Waals surface area (Å²) in [6.07, 6.45) is 35.7. The summed E-state index contributed by atoms with van der Waals surface area (Å²) in [5, 5.41) is 38.3. The number of aliphatic carboxylic acids is 1. The van der Waals surface area contributed by atoms with E-state index in [-0.39, 0.29) is 31.5 Å². The number of unbranched alkanes of at least 4 members (excludes halogenated alkanes) is 33. The maximum Gasteiger partial charge on any atom is 0.470 e. The molecule has 2 fully saturated rings. The van der Waals surface area contributed by atoms with E-state index in [0.717, 1.165) is 116 Å². The second kappa shape index (κ2) is 55.7. The fourth-order valence-electron chi connectivity index (χ4n) is 12.1. The number of carbonyl (C=O) groups is 4. The maximum atomic E-state index is 13.7. The Balaban J connectivity index is 2.36. The van der Waals surface area contributed by atoms with Gasteiger partial charge in [-0.1, -0.05) is 239 Å². The van der Waals surface area contributed by atoms with Gasteiger partial charge in [0.05, 0.1) is 25.7 Å². The number of carbonyl (C=O) groups excluding carboxylic acids is 3. The predicted octanol–water partition coefficient (Wildman–Crippen LogP) is 14.1. The summed E-state index contributed by atoms with van der Waals surface area (Å²) >= 11 is 0. The smallest absolute Gasteiger partial charge is 0.470 e. The van der Waals surface area contributed by atoms with Crippen LogP contribution in [0.1, 0.15) is 304 Å². The zero-order chi connectivity index (χ0) is 66.6. The minimum atomic E-state index is -5.28. The van der Waals surface area contributed by atoms with Crippen LogP contribution in [-0.2, 0) is 61.4 Å². The Morgan fingerprint density at radius 2 is 0.967 bits per heavy atom. The van der Waals surface area contributed by atoms with Crippen LogP contribution in [0.25, 0.3) is 0 Å². The molecule has 0 bridgehead atoms. The fourth-order valence-corrected chi connectivity index (χ4v) is 12.7. The quantitative estimate of drug-likeness (QED) is 0.0129. The highest BCUT2D eigenvalue weighted by Gasteiger charge is 2.52. The number of Topliss-reactive ketones (excluding diaryl/α,β-unsaturated/α-hetero) is 1. The number of phosphoric acid groups is 1. The molecule has 2 heterocycles. The number of amides is 2. The molecule has 21 heteroatoms. The van der Waals surface area contributed by atoms with Gasteiger partial charge in [0, 0.05) is 33.2 Å². The first-order valence-electron chi connectivity index (χ1n) is 36.4. The second-order valence-electron chi connectivity index (χ2n) is 25.7. The highest BCUT2D eigenvalue weighted by molar-refractivity contribution is 7.46. The van der Waals surface area contributed by atoms with Gasteiger partial charge in [-0.2, -0.15) is 0 Å². The number of allylic oxidation sites excluding steroid dienone is 2. The third-order valence-electron chi connectivity index (χ3n) is 17.4. The molecule has 0 aromatic rings. The number of aliphatic hydroxyl groups excluding tert-OH is 2. The van der Waals surface area contributed by atoms with E-state index in [9.17, 15) is 48.8 Å². The average Bonchev–Trinajstić information content (AvgIpc) is 0.816. The SMILES string of the molecule is CCCCCC/C=C\CCCCCCO[C@H](CCCCCCCCCCC)CCO[C@@H]1[C@@H](NC(C)=O)[C@H](OC[C@H]2O[C@H](OCC(=O)O)[C@H](NC(=O)CC(=O)CCCCCCCCCCC)[C@@H](OCCCCCCCCCCCC)[C@@H]2O)O[C@H](CO)[C@H]1OP(=O)(O)O. The van der Waals surface area contributed by atoms with Gasteiger partial charge in [0.15, 0.2) is 12.6 Å². The molecule has 2 saturated heterocycles. The molecule has 0 aromatic carbocycles. The lowest BCUT2D eigenvalue weighted by atomic mass is 9.95. The lowest BCUT2D eigenvalue weighted by molar-refractivity contribution is -0.307. The van der Waals surface area contributed by atoms with Crippen molar-refractivity contribution in [2.45, 2.75) is 372 Å². The molecule has 0 aromatic heterocycles. The number of phosphoric ester groups is 1. The van der Waals surface area contributed by atoms with E-state index in [1.165, 1.54) is 129 Å². The summed E-state index contributed by atoms with van der Waals surface area (Å²) in [4.78, 5) is 72.4. The first kappa shape index (κ1) is 84.7. The van der Waals surface area contributed by atoms with Crippen molar-refractivity contribution in [3.05, 3.63) is 12.2 Å². The Hall–Kier alpha value is -2.43. The van der Waals surface area contributed by atoms with E-state index in [1.54, 1.807) is 0 Å². The number of nitrogens with one attached hydrogen (secondary N) is 2. The number of hydrogen-bond donors (Lipinski definition) is 7. The number of carboxylic acid groups (broad SMARTS) is 1. The molecule has 11 atom stereocenters. The largest absolute Gasteiger partial charge is 0.480 e. The Morgan fingerprint density at radius 3 is 1.48 bits per heavy atom. The molecule has 0 radical (unpaired) electrons. The summed E-state index contributed by atoms with van der Waals surface area (Å²) in [5.41, 5.74) is 0. The summed E-state index contributed by atoms with van der Waals surface area (Å²) < 4.78 is 61.9. The number of ether oxygens (including phenoxy) is 7. The van der Waals surface area contributed by atoms with Crippen LogP contribution in [0.5, 0.6) is 0 Å². The summed E-state index contributed by atoms with van der Waals surface area (Å²) in [6.45, 7) is 8.56. The molecule has 2 rings (SSSR count). The molecule has 2 aliphatic heterocycles. The first-order valence-corrected chi connectivity index (χ1v) is 38.0. The van der Waals surface area contributed by atoms with E-state index in [0.29, 0.717) is 25.9 Å². The van der Waals surface area contributed by atoms with E-state index >= 15 is 0 Å². The van der Waals surface area contributed by atoms with Crippen LogP contribution in [0.2, 0.25) is 0 Å². The highest BCUT2D eigenvalue weighted by atomic mass is 31.2. The van der Waals surface area contributed by atoms with Gasteiger partial charge in [0.1, 0.15) is 61.1 Å². The molecule has 0 unspecified atom stereocenters. The molecule has 20 nitrogen and oxygen atoms in total. The number of carboxylic acids is 1. The highest BCUT2D eigenvalue weighted by Crippen LogP contribution is 2.42. The molecule has 7 N–H and O–H groups in total. The van der Waals surface area contributed by atoms with Crippen molar-refractivity contribution in [2.24, 2.45) is 0 Å². The second-order valence-corrected chi connectivity index (χ2v) is 26.9. The van der Waals surface area contributed by atoms with Crippen LogP contribution in [0.4, 0.5) is 0 Å². The molecular weight excluding hydrogens is 1190 g/mol. The fraction of sp³-hybridized carbons (Fsp3) is 0.914. The minimum Gasteiger partial charge on any atom is -0.480 e. The zero-order valence-corrected chi connectivity index (χ0v) is 58.3. The van der Waals surface area contributed by atoms with Crippen molar-refractivity contribution in [1.82, 2.24) is 10.6 Å². The zero-order valence-electron chi connectivity index (χ0n) is 57.4. The minimum absolute atomic E-state index is 0.00257. The van der Waals surface area contributed by atoms with Crippen molar-refractivity contribution in [3.8, 4) is 0 Å². The van der Waals surface area contributed by atoms with Gasteiger partial charge in [-0.25, -0.2) is 9.36 Å². The Bertz CT molecular complexity index is 1880. The number of hydrogen-bond acceptors (Lipinski definition) is 15. The number of aliphatic hydroxyl groups is 2. The van der Waals surface area contributed by atoms with E-state index < -0.39 is 113 Å². The van der Waals surface area contributed by atoms with Gasteiger partial charge >= 0.3 is 13.8 Å².